The van der Waals surface area contributed by atoms with Crippen molar-refractivity contribution < 1.29 is 9.53 Å². The third kappa shape index (κ3) is 2.75. The highest BCUT2D eigenvalue weighted by Crippen LogP contribution is 2.32. The number of nitrogens with one attached hydrogen (secondary N) is 1. The molecule has 1 unspecified atom stereocenters. The Bertz CT molecular complexity index is 1010. The monoisotopic (exact) mass is 352 g/mol. The molecule has 0 spiro atoms. The van der Waals surface area contributed by atoms with E-state index in [0.717, 1.165) is 25.0 Å². The van der Waals surface area contributed by atoms with Crippen molar-refractivity contribution in [3.8, 4) is 5.75 Å². The van der Waals surface area contributed by atoms with Crippen LogP contribution in [0.25, 0.3) is 5.78 Å². The fraction of sp³-hybridized carbons (Fsp3) is 0.316. The van der Waals surface area contributed by atoms with Gasteiger partial charge in [0.2, 0.25) is 5.78 Å². The first-order valence-electron chi connectivity index (χ1n) is 8.69. The molecule has 0 aliphatic carbocycles. The van der Waals surface area contributed by atoms with Crippen molar-refractivity contribution in [2.45, 2.75) is 25.3 Å². The number of fused-ring (bicyclic) bond motifs is 1. The molecule has 4 rings (SSSR count). The summed E-state index contributed by atoms with van der Waals surface area (Å²) < 4.78 is 6.80. The van der Waals surface area contributed by atoms with Crippen LogP contribution in [0.2, 0.25) is 0 Å². The predicted octanol–water partition coefficient (Wildman–Crippen LogP) is 2.40. The van der Waals surface area contributed by atoms with Gasteiger partial charge in [0, 0.05) is 30.7 Å². The number of hydrogen-bond acceptors (Lipinski definition) is 4. The summed E-state index contributed by atoms with van der Waals surface area (Å²) in [5.41, 5.74) is 1.10. The van der Waals surface area contributed by atoms with Crippen molar-refractivity contribution in [1.82, 2.24) is 19.3 Å². The largest absolute Gasteiger partial charge is 0.496 e. The van der Waals surface area contributed by atoms with E-state index in [1.807, 2.05) is 17.0 Å². The van der Waals surface area contributed by atoms with Crippen LogP contribution in [0.15, 0.2) is 47.5 Å². The average Bonchev–Trinajstić information content (AvgIpc) is 3.16. The molecule has 1 atom stereocenters. The maximum Gasteiger partial charge on any atom is 0.259 e. The summed E-state index contributed by atoms with van der Waals surface area (Å²) in [5, 5.41) is 0. The summed E-state index contributed by atoms with van der Waals surface area (Å²) in [6.45, 7) is 0.642. The van der Waals surface area contributed by atoms with E-state index in [1.165, 1.54) is 4.40 Å². The van der Waals surface area contributed by atoms with Crippen LogP contribution in [-0.4, -0.2) is 38.8 Å². The summed E-state index contributed by atoms with van der Waals surface area (Å²) >= 11 is 0. The molecule has 134 valence electrons. The average molecular weight is 352 g/mol. The van der Waals surface area contributed by atoms with E-state index >= 15 is 0 Å². The maximum absolute atomic E-state index is 13.2. The molecule has 1 N–H and O–H groups in total. The second kappa shape index (κ2) is 6.67. The van der Waals surface area contributed by atoms with Crippen LogP contribution in [0, 0.1) is 0 Å². The minimum Gasteiger partial charge on any atom is -0.496 e. The zero-order valence-electron chi connectivity index (χ0n) is 14.5. The Morgan fingerprint density at radius 1 is 1.31 bits per heavy atom. The van der Waals surface area contributed by atoms with Gasteiger partial charge in [0.25, 0.3) is 11.5 Å². The van der Waals surface area contributed by atoms with Crippen molar-refractivity contribution in [1.29, 1.82) is 0 Å². The quantitative estimate of drug-likeness (QED) is 0.785. The molecule has 1 saturated heterocycles. The number of aromatic amines is 1. The standard InChI is InChI=1S/C19H20N4O3/c1-26-16-8-3-2-6-13(16)18(25)22-10-5-4-7-15(22)14-12-17(24)23-11-9-20-19(23)21-14/h2-3,6,8-9,11-12,15H,4-5,7,10H2,1H3,(H,20,21). The molecule has 0 radical (unpaired) electrons. The van der Waals surface area contributed by atoms with E-state index < -0.39 is 0 Å². The molecule has 1 fully saturated rings. The first-order valence-corrected chi connectivity index (χ1v) is 8.69. The third-order valence-corrected chi connectivity index (χ3v) is 4.87. The van der Waals surface area contributed by atoms with E-state index in [2.05, 4.69) is 9.97 Å². The van der Waals surface area contributed by atoms with Crippen LogP contribution in [0.3, 0.4) is 0 Å². The van der Waals surface area contributed by atoms with E-state index in [9.17, 15) is 9.59 Å². The number of aromatic nitrogens is 3. The zero-order valence-corrected chi connectivity index (χ0v) is 14.5. The fourth-order valence-corrected chi connectivity index (χ4v) is 3.60. The fourth-order valence-electron chi connectivity index (χ4n) is 3.60. The first-order chi connectivity index (χ1) is 12.7. The summed E-state index contributed by atoms with van der Waals surface area (Å²) in [6.07, 6.45) is 5.94. The lowest BCUT2D eigenvalue weighted by molar-refractivity contribution is 0.0602. The number of piperidine rings is 1. The number of H-pyrrole nitrogens is 1. The molecule has 1 amide bonds. The molecular weight excluding hydrogens is 332 g/mol. The van der Waals surface area contributed by atoms with Gasteiger partial charge in [0.15, 0.2) is 0 Å². The molecular formula is C19H20N4O3. The van der Waals surface area contributed by atoms with Gasteiger partial charge in [-0.3, -0.25) is 14.0 Å². The molecule has 7 heteroatoms. The zero-order chi connectivity index (χ0) is 18.1. The number of carbonyl (C=O) groups is 1. The van der Waals surface area contributed by atoms with Crippen molar-refractivity contribution in [3.63, 3.8) is 0 Å². The van der Waals surface area contributed by atoms with E-state index in [0.29, 0.717) is 23.6 Å². The molecule has 2 aromatic heterocycles. The highest BCUT2D eigenvalue weighted by molar-refractivity contribution is 5.97. The number of rotatable bonds is 3. The van der Waals surface area contributed by atoms with Crippen molar-refractivity contribution in [2.24, 2.45) is 0 Å². The van der Waals surface area contributed by atoms with Crippen LogP contribution in [0.4, 0.5) is 0 Å². The van der Waals surface area contributed by atoms with Gasteiger partial charge in [0.1, 0.15) is 5.75 Å². The van der Waals surface area contributed by atoms with Gasteiger partial charge in [-0.25, -0.2) is 4.98 Å². The number of hydrogen-bond donors (Lipinski definition) is 1. The van der Waals surface area contributed by atoms with Gasteiger partial charge < -0.3 is 14.6 Å². The molecule has 0 bridgehead atoms. The van der Waals surface area contributed by atoms with Gasteiger partial charge in [-0.05, 0) is 31.4 Å². The van der Waals surface area contributed by atoms with Gasteiger partial charge >= 0.3 is 0 Å². The van der Waals surface area contributed by atoms with Gasteiger partial charge in [-0.1, -0.05) is 12.1 Å². The molecule has 26 heavy (non-hydrogen) atoms. The van der Waals surface area contributed by atoms with Gasteiger partial charge in [-0.2, -0.15) is 0 Å². The van der Waals surface area contributed by atoms with Gasteiger partial charge in [-0.15, -0.1) is 0 Å². The highest BCUT2D eigenvalue weighted by atomic mass is 16.5. The number of imidazole rings is 1. The minimum atomic E-state index is -0.185. The highest BCUT2D eigenvalue weighted by Gasteiger charge is 2.31. The number of para-hydroxylation sites is 1. The second-order valence-electron chi connectivity index (χ2n) is 6.39. The second-order valence-corrected chi connectivity index (χ2v) is 6.39. The Morgan fingerprint density at radius 2 is 2.15 bits per heavy atom. The Labute approximate surface area is 150 Å². The van der Waals surface area contributed by atoms with Crippen LogP contribution >= 0.6 is 0 Å². The predicted molar refractivity (Wildman–Crippen MR) is 96.4 cm³/mol. The van der Waals surface area contributed by atoms with Crippen molar-refractivity contribution in [2.75, 3.05) is 13.7 Å². The summed E-state index contributed by atoms with van der Waals surface area (Å²) in [6, 6.07) is 8.60. The van der Waals surface area contributed by atoms with Crippen LogP contribution in [0.1, 0.15) is 41.4 Å². The van der Waals surface area contributed by atoms with Crippen molar-refractivity contribution in [3.05, 3.63) is 64.3 Å². The Hall–Kier alpha value is -3.09. The Balaban J connectivity index is 1.74. The first kappa shape index (κ1) is 16.4. The maximum atomic E-state index is 13.2. The van der Waals surface area contributed by atoms with Gasteiger partial charge in [0.05, 0.1) is 18.7 Å². The molecule has 1 aromatic carbocycles. The smallest absolute Gasteiger partial charge is 0.259 e. The number of amides is 1. The Kier molecular flexibility index (Phi) is 4.20. The number of carbonyl (C=O) groups excluding carboxylic acids is 1. The van der Waals surface area contributed by atoms with E-state index in [4.69, 9.17) is 4.74 Å². The summed E-state index contributed by atoms with van der Waals surface area (Å²) in [7, 11) is 1.56. The van der Waals surface area contributed by atoms with Crippen LogP contribution in [0.5, 0.6) is 5.75 Å². The van der Waals surface area contributed by atoms with E-state index in [-0.39, 0.29) is 17.5 Å². The SMILES string of the molecule is COc1ccccc1C(=O)N1CCCCC1c1cc(=O)n2ccnc2[nH]1. The molecule has 3 heterocycles. The number of methoxy groups -OCH3 is 1. The lowest BCUT2D eigenvalue weighted by Gasteiger charge is -2.36. The van der Waals surface area contributed by atoms with Crippen LogP contribution in [-0.2, 0) is 0 Å². The lowest BCUT2D eigenvalue weighted by atomic mass is 9.97. The third-order valence-electron chi connectivity index (χ3n) is 4.87. The lowest BCUT2D eigenvalue weighted by Crippen LogP contribution is -2.39. The molecule has 0 saturated carbocycles. The molecule has 1 aliphatic heterocycles. The topological polar surface area (TPSA) is 79.7 Å². The summed E-state index contributed by atoms with van der Waals surface area (Å²) in [5.74, 6) is 0.956. The van der Waals surface area contributed by atoms with E-state index in [1.54, 1.807) is 37.7 Å². The number of benzene rings is 1. The van der Waals surface area contributed by atoms with Crippen molar-refractivity contribution >= 4 is 11.7 Å². The Morgan fingerprint density at radius 3 is 3.00 bits per heavy atom. The normalized spacial score (nSPS) is 17.4. The summed E-state index contributed by atoms with van der Waals surface area (Å²) in [4.78, 5) is 34.7. The molecule has 7 nitrogen and oxygen atoms in total. The van der Waals surface area contributed by atoms with Crippen LogP contribution < -0.4 is 10.3 Å². The number of ether oxygens (including phenoxy) is 1. The number of nitrogens with zero attached hydrogens (tertiary/aromatic N) is 3. The minimum absolute atomic E-state index is 0.0868. The molecule has 1 aliphatic rings. The molecule has 3 aromatic rings. The number of likely N-dealkylation sites (tertiary alicyclic amines) is 1.